The summed E-state index contributed by atoms with van der Waals surface area (Å²) in [5.74, 6) is 0.409. The molecule has 0 saturated heterocycles. The minimum absolute atomic E-state index is 0.0261. The summed E-state index contributed by atoms with van der Waals surface area (Å²) in [5.41, 5.74) is 1.71. The molecular weight excluding hydrogens is 212 g/mol. The topological polar surface area (TPSA) is 70.5 Å². The van der Waals surface area contributed by atoms with E-state index in [0.29, 0.717) is 11.6 Å². The van der Waals surface area contributed by atoms with E-state index in [4.69, 9.17) is 16.6 Å². The van der Waals surface area contributed by atoms with E-state index < -0.39 is 0 Å². The number of hydrogen-bond donors (Lipinski definition) is 2. The van der Waals surface area contributed by atoms with Crippen LogP contribution in [0.25, 0.3) is 11.6 Å². The number of nitrogens with zero attached hydrogens (tertiary/aromatic N) is 2. The smallest absolute Gasteiger partial charge is 0.284 e. The van der Waals surface area contributed by atoms with Crippen molar-refractivity contribution in [1.29, 1.82) is 0 Å². The van der Waals surface area contributed by atoms with Crippen LogP contribution in [0.1, 0.15) is 26.5 Å². The average Bonchev–Trinajstić information content (AvgIpc) is 2.69. The summed E-state index contributed by atoms with van der Waals surface area (Å²) in [6, 6.07) is 1.91. The fourth-order valence-corrected chi connectivity index (χ4v) is 1.28. The van der Waals surface area contributed by atoms with Crippen molar-refractivity contribution in [3.05, 3.63) is 16.6 Å². The van der Waals surface area contributed by atoms with Gasteiger partial charge in [0, 0.05) is 11.1 Å². The van der Waals surface area contributed by atoms with Crippen molar-refractivity contribution >= 4 is 12.2 Å². The van der Waals surface area contributed by atoms with Crippen LogP contribution in [-0.2, 0) is 5.41 Å². The number of hydrogen-bond acceptors (Lipinski definition) is 4. The lowest BCUT2D eigenvalue weighted by Crippen LogP contribution is -2.11. The van der Waals surface area contributed by atoms with E-state index in [0.717, 1.165) is 5.69 Å². The number of rotatable bonds is 1. The maximum atomic E-state index is 5.16. The summed E-state index contributed by atoms with van der Waals surface area (Å²) < 4.78 is 5.16. The molecule has 5 nitrogen and oxygen atoms in total. The van der Waals surface area contributed by atoms with E-state index in [1.165, 1.54) is 0 Å². The Morgan fingerprint density at radius 2 is 2.00 bits per heavy atom. The fourth-order valence-electron chi connectivity index (χ4n) is 1.15. The van der Waals surface area contributed by atoms with Crippen molar-refractivity contribution in [1.82, 2.24) is 20.4 Å². The highest BCUT2D eigenvalue weighted by molar-refractivity contribution is 7.71. The molecule has 0 amide bonds. The molecule has 0 spiro atoms. The van der Waals surface area contributed by atoms with Gasteiger partial charge in [-0.25, -0.2) is 5.10 Å². The van der Waals surface area contributed by atoms with E-state index in [1.54, 1.807) is 0 Å². The molecule has 15 heavy (non-hydrogen) atoms. The van der Waals surface area contributed by atoms with Gasteiger partial charge in [-0.15, -0.1) is 5.10 Å². The molecule has 0 radical (unpaired) electrons. The Labute approximate surface area is 91.9 Å². The Balaban J connectivity index is 2.40. The zero-order valence-corrected chi connectivity index (χ0v) is 9.60. The minimum atomic E-state index is 0.0261. The van der Waals surface area contributed by atoms with Gasteiger partial charge >= 0.3 is 0 Å². The molecule has 0 aliphatic heterocycles. The van der Waals surface area contributed by atoms with Gasteiger partial charge in [-0.3, -0.25) is 5.10 Å². The van der Waals surface area contributed by atoms with Gasteiger partial charge in [0.1, 0.15) is 5.69 Å². The monoisotopic (exact) mass is 224 g/mol. The Morgan fingerprint density at radius 3 is 2.47 bits per heavy atom. The second kappa shape index (κ2) is 3.30. The van der Waals surface area contributed by atoms with E-state index in [9.17, 15) is 0 Å². The fraction of sp³-hybridized carbons (Fsp3) is 0.444. The zero-order valence-electron chi connectivity index (χ0n) is 8.79. The highest BCUT2D eigenvalue weighted by atomic mass is 32.1. The normalized spacial score (nSPS) is 11.9. The van der Waals surface area contributed by atoms with Gasteiger partial charge in [0.05, 0.1) is 0 Å². The number of H-pyrrole nitrogens is 2. The van der Waals surface area contributed by atoms with Crippen molar-refractivity contribution in [3.63, 3.8) is 0 Å². The lowest BCUT2D eigenvalue weighted by Gasteiger charge is -2.14. The van der Waals surface area contributed by atoms with Crippen molar-refractivity contribution in [2.24, 2.45) is 0 Å². The lowest BCUT2D eigenvalue weighted by atomic mass is 9.92. The maximum Gasteiger partial charge on any atom is 0.284 e. The highest BCUT2D eigenvalue weighted by Gasteiger charge is 2.18. The van der Waals surface area contributed by atoms with Crippen LogP contribution < -0.4 is 0 Å². The SMILES string of the molecule is CC(C)(C)c1cc(-c2n[nH]c(=S)o2)n[nH]1. The van der Waals surface area contributed by atoms with Crippen LogP contribution >= 0.6 is 12.2 Å². The van der Waals surface area contributed by atoms with Crippen molar-refractivity contribution < 1.29 is 4.42 Å². The zero-order chi connectivity index (χ0) is 11.1. The maximum absolute atomic E-state index is 5.16. The van der Waals surface area contributed by atoms with Crippen molar-refractivity contribution in [2.75, 3.05) is 0 Å². The van der Waals surface area contributed by atoms with Gasteiger partial charge in [-0.05, 0) is 18.3 Å². The molecule has 2 N–H and O–H groups in total. The van der Waals surface area contributed by atoms with Crippen LogP contribution in [0.15, 0.2) is 10.5 Å². The van der Waals surface area contributed by atoms with E-state index in [-0.39, 0.29) is 10.3 Å². The Kier molecular flexibility index (Phi) is 2.22. The van der Waals surface area contributed by atoms with Crippen LogP contribution in [-0.4, -0.2) is 20.4 Å². The molecule has 0 aliphatic rings. The standard InChI is InChI=1S/C9H12N4OS/c1-9(2,3)6-4-5(10-11-6)7-12-13-8(15)14-7/h4H,1-3H3,(H,10,11)(H,13,15). The van der Waals surface area contributed by atoms with Gasteiger partial charge < -0.3 is 4.42 Å². The molecule has 6 heteroatoms. The quantitative estimate of drug-likeness (QED) is 0.730. The molecular formula is C9H12N4OS. The van der Waals surface area contributed by atoms with E-state index in [2.05, 4.69) is 41.2 Å². The van der Waals surface area contributed by atoms with E-state index in [1.807, 2.05) is 6.07 Å². The first-order chi connectivity index (χ1) is 6.97. The first-order valence-electron chi connectivity index (χ1n) is 4.58. The summed E-state index contributed by atoms with van der Waals surface area (Å²) in [5, 5.41) is 13.5. The molecule has 80 valence electrons. The van der Waals surface area contributed by atoms with Crippen LogP contribution in [0.2, 0.25) is 0 Å². The molecule has 2 heterocycles. The first-order valence-corrected chi connectivity index (χ1v) is 4.99. The third-order valence-corrected chi connectivity index (χ3v) is 2.22. The molecule has 0 aliphatic carbocycles. The lowest BCUT2D eigenvalue weighted by molar-refractivity contribution is 0.549. The number of aromatic amines is 2. The predicted octanol–water partition coefficient (Wildman–Crippen LogP) is 2.42. The summed E-state index contributed by atoms with van der Waals surface area (Å²) in [6.45, 7) is 6.31. The van der Waals surface area contributed by atoms with Gasteiger partial charge in [0.15, 0.2) is 0 Å². The van der Waals surface area contributed by atoms with Gasteiger partial charge in [0.25, 0.3) is 10.7 Å². The average molecular weight is 224 g/mol. The Bertz CT molecular complexity index is 516. The number of aromatic nitrogens is 4. The number of nitrogens with one attached hydrogen (secondary N) is 2. The molecule has 2 rings (SSSR count). The predicted molar refractivity (Wildman–Crippen MR) is 58.0 cm³/mol. The van der Waals surface area contributed by atoms with Gasteiger partial charge in [0.2, 0.25) is 0 Å². The molecule has 0 saturated carbocycles. The molecule has 0 fully saturated rings. The van der Waals surface area contributed by atoms with Crippen molar-refractivity contribution in [3.8, 4) is 11.6 Å². The summed E-state index contributed by atoms with van der Waals surface area (Å²) in [4.78, 5) is 0.255. The highest BCUT2D eigenvalue weighted by Crippen LogP contribution is 2.23. The van der Waals surface area contributed by atoms with Gasteiger partial charge in [-0.1, -0.05) is 20.8 Å². The molecule has 2 aromatic heterocycles. The minimum Gasteiger partial charge on any atom is -0.408 e. The summed E-state index contributed by atoms with van der Waals surface area (Å²) in [7, 11) is 0. The van der Waals surface area contributed by atoms with Crippen LogP contribution in [0.4, 0.5) is 0 Å². The largest absolute Gasteiger partial charge is 0.408 e. The third-order valence-electron chi connectivity index (χ3n) is 2.04. The van der Waals surface area contributed by atoms with E-state index >= 15 is 0 Å². The van der Waals surface area contributed by atoms with Crippen LogP contribution in [0, 0.1) is 4.84 Å². The van der Waals surface area contributed by atoms with Crippen LogP contribution in [0.3, 0.4) is 0 Å². The summed E-state index contributed by atoms with van der Waals surface area (Å²) >= 11 is 4.79. The molecule has 0 atom stereocenters. The van der Waals surface area contributed by atoms with Crippen molar-refractivity contribution in [2.45, 2.75) is 26.2 Å². The Hall–Kier alpha value is -1.43. The molecule has 2 aromatic rings. The summed E-state index contributed by atoms with van der Waals surface area (Å²) in [6.07, 6.45) is 0. The molecule has 0 unspecified atom stereocenters. The second-order valence-electron chi connectivity index (χ2n) is 4.34. The van der Waals surface area contributed by atoms with Gasteiger partial charge in [-0.2, -0.15) is 5.10 Å². The molecule has 0 bridgehead atoms. The first kappa shape index (κ1) is 10.1. The molecule has 0 aromatic carbocycles. The third kappa shape index (κ3) is 1.99. The Morgan fingerprint density at radius 1 is 1.27 bits per heavy atom. The van der Waals surface area contributed by atoms with Crippen LogP contribution in [0.5, 0.6) is 0 Å². The second-order valence-corrected chi connectivity index (χ2v) is 4.71.